The van der Waals surface area contributed by atoms with Crippen LogP contribution in [0.15, 0.2) is 64.8 Å². The number of nitrogens with zero attached hydrogens (tertiary/aromatic N) is 2. The van der Waals surface area contributed by atoms with Gasteiger partial charge in [-0.15, -0.1) is 0 Å². The lowest BCUT2D eigenvalue weighted by Gasteiger charge is -2.52. The van der Waals surface area contributed by atoms with E-state index >= 15 is 0 Å². The second kappa shape index (κ2) is 9.31. The number of hydrogen-bond acceptors (Lipinski definition) is 3. The van der Waals surface area contributed by atoms with E-state index in [0.717, 1.165) is 40.7 Å². The third kappa shape index (κ3) is 3.91. The molecule has 0 N–H and O–H groups in total. The van der Waals surface area contributed by atoms with Crippen LogP contribution < -0.4 is 4.90 Å². The second-order valence-electron chi connectivity index (χ2n) is 9.75. The first-order chi connectivity index (χ1) is 16.5. The molecule has 5 rings (SSSR count). The molecule has 2 aromatic carbocycles. The topological polar surface area (TPSA) is 49.9 Å². The molecule has 2 amide bonds. The highest BCUT2D eigenvalue weighted by atomic mass is 79.9. The van der Waals surface area contributed by atoms with E-state index in [4.69, 9.17) is 4.74 Å². The van der Waals surface area contributed by atoms with E-state index in [1.54, 1.807) is 7.11 Å². The van der Waals surface area contributed by atoms with Crippen molar-refractivity contribution in [3.8, 4) is 0 Å². The van der Waals surface area contributed by atoms with Crippen molar-refractivity contribution in [2.45, 2.75) is 38.5 Å². The molecule has 3 heterocycles. The van der Waals surface area contributed by atoms with Gasteiger partial charge in [0.15, 0.2) is 0 Å². The predicted octanol–water partition coefficient (Wildman–Crippen LogP) is 5.76. The molecular weight excluding hydrogens is 492 g/mol. The van der Waals surface area contributed by atoms with Crippen LogP contribution in [0, 0.1) is 11.3 Å². The van der Waals surface area contributed by atoms with Crippen molar-refractivity contribution in [3.05, 3.63) is 75.9 Å². The maximum absolute atomic E-state index is 13.6. The van der Waals surface area contributed by atoms with Gasteiger partial charge >= 0.3 is 0 Å². The van der Waals surface area contributed by atoms with Gasteiger partial charge < -0.3 is 9.64 Å². The fourth-order valence-electron chi connectivity index (χ4n) is 6.21. The minimum atomic E-state index is -0.159. The monoisotopic (exact) mass is 522 g/mol. The Morgan fingerprint density at radius 1 is 1.21 bits per heavy atom. The highest BCUT2D eigenvalue weighted by Crippen LogP contribution is 2.53. The number of hydrogen-bond donors (Lipinski definition) is 0. The van der Waals surface area contributed by atoms with Crippen molar-refractivity contribution < 1.29 is 14.3 Å². The van der Waals surface area contributed by atoms with E-state index < -0.39 is 0 Å². The minimum absolute atomic E-state index is 0.0245. The Labute approximate surface area is 209 Å². The Hall–Kier alpha value is -2.44. The van der Waals surface area contributed by atoms with Gasteiger partial charge in [0.25, 0.3) is 5.91 Å². The molecule has 1 fully saturated rings. The molecule has 0 aromatic heterocycles. The number of carbonyl (C=O) groups is 2. The van der Waals surface area contributed by atoms with Crippen molar-refractivity contribution >= 4 is 33.4 Å². The summed E-state index contributed by atoms with van der Waals surface area (Å²) in [4.78, 5) is 31.1. The predicted molar refractivity (Wildman–Crippen MR) is 137 cm³/mol. The lowest BCUT2D eigenvalue weighted by molar-refractivity contribution is -0.124. The molecule has 3 unspecified atom stereocenters. The summed E-state index contributed by atoms with van der Waals surface area (Å²) in [6.07, 6.45) is 5.42. The van der Waals surface area contributed by atoms with Crippen LogP contribution in [0.3, 0.4) is 0 Å². The standard InChI is InChI=1S/C28H31BrN2O3/c1-3-28-12-7-13-30(27(33)19-8-6-9-21(29)14-19)17-20-15-25(23(28)18-34-2)31(26(32)16-28)24-11-5-4-10-22(20)24/h4-6,8-11,14-15,20,23H,3,7,12-13,16-18H2,1-2H3. The molecular formula is C28H31BrN2O3. The van der Waals surface area contributed by atoms with Gasteiger partial charge in [0.05, 0.1) is 12.3 Å². The third-order valence-corrected chi connectivity index (χ3v) is 8.47. The Balaban J connectivity index is 1.62. The molecule has 3 aliphatic heterocycles. The molecule has 6 heteroatoms. The Morgan fingerprint density at radius 3 is 2.79 bits per heavy atom. The Kier molecular flexibility index (Phi) is 6.38. The van der Waals surface area contributed by atoms with E-state index in [9.17, 15) is 9.59 Å². The van der Waals surface area contributed by atoms with Crippen molar-refractivity contribution in [1.29, 1.82) is 0 Å². The SMILES string of the molecule is CCC12CCCN(C(=O)c3cccc(Br)c3)CC3C=C(C1COC)N(C(=O)C2)c1ccccc13. The molecule has 1 saturated heterocycles. The number of rotatable bonds is 4. The quantitative estimate of drug-likeness (QED) is 0.512. The van der Waals surface area contributed by atoms with Crippen LogP contribution in [0.25, 0.3) is 0 Å². The maximum Gasteiger partial charge on any atom is 0.253 e. The second-order valence-corrected chi connectivity index (χ2v) is 10.7. The van der Waals surface area contributed by atoms with Crippen LogP contribution in [0.1, 0.15) is 54.4 Å². The van der Waals surface area contributed by atoms with E-state index in [0.29, 0.717) is 31.7 Å². The first-order valence-corrected chi connectivity index (χ1v) is 12.9. The Morgan fingerprint density at radius 2 is 2.03 bits per heavy atom. The highest BCUT2D eigenvalue weighted by molar-refractivity contribution is 9.10. The zero-order chi connectivity index (χ0) is 23.9. The molecule has 34 heavy (non-hydrogen) atoms. The lowest BCUT2D eigenvalue weighted by atomic mass is 9.63. The summed E-state index contributed by atoms with van der Waals surface area (Å²) >= 11 is 3.50. The molecule has 3 bridgehead atoms. The molecule has 0 spiro atoms. The number of carbonyl (C=O) groups excluding carboxylic acids is 2. The number of para-hydroxylation sites is 1. The number of fused-ring (bicyclic) bond motifs is 5. The summed E-state index contributed by atoms with van der Waals surface area (Å²) in [5.74, 6) is 0.411. The normalized spacial score (nSPS) is 26.2. The van der Waals surface area contributed by atoms with Crippen LogP contribution in [-0.2, 0) is 9.53 Å². The molecule has 178 valence electrons. The molecule has 0 radical (unpaired) electrons. The number of ether oxygens (including phenoxy) is 1. The number of methoxy groups -OCH3 is 1. The van der Waals surface area contributed by atoms with E-state index in [2.05, 4.69) is 35.0 Å². The highest BCUT2D eigenvalue weighted by Gasteiger charge is 2.50. The van der Waals surface area contributed by atoms with Crippen LogP contribution in [0.4, 0.5) is 5.69 Å². The van der Waals surface area contributed by atoms with Gasteiger partial charge in [-0.25, -0.2) is 0 Å². The first kappa shape index (κ1) is 23.3. The summed E-state index contributed by atoms with van der Waals surface area (Å²) in [7, 11) is 1.75. The van der Waals surface area contributed by atoms with Crippen molar-refractivity contribution in [2.24, 2.45) is 11.3 Å². The van der Waals surface area contributed by atoms with E-state index in [1.165, 1.54) is 0 Å². The van der Waals surface area contributed by atoms with Crippen LogP contribution in [-0.4, -0.2) is 43.5 Å². The van der Waals surface area contributed by atoms with Gasteiger partial charge in [-0.3, -0.25) is 14.5 Å². The third-order valence-electron chi connectivity index (χ3n) is 7.97. The average molecular weight is 523 g/mol. The van der Waals surface area contributed by atoms with Crippen molar-refractivity contribution in [3.63, 3.8) is 0 Å². The zero-order valence-electron chi connectivity index (χ0n) is 19.8. The molecule has 0 aliphatic carbocycles. The summed E-state index contributed by atoms with van der Waals surface area (Å²) in [6.45, 7) is 4.05. The average Bonchev–Trinajstić information content (AvgIpc) is 2.84. The van der Waals surface area contributed by atoms with Gasteiger partial charge in [-0.2, -0.15) is 0 Å². The van der Waals surface area contributed by atoms with Crippen molar-refractivity contribution in [1.82, 2.24) is 4.90 Å². The van der Waals surface area contributed by atoms with Gasteiger partial charge in [-0.05, 0) is 54.5 Å². The maximum atomic E-state index is 13.6. The number of anilines is 1. The summed E-state index contributed by atoms with van der Waals surface area (Å²) < 4.78 is 6.63. The molecule has 2 aromatic rings. The van der Waals surface area contributed by atoms with Gasteiger partial charge in [0.1, 0.15) is 0 Å². The number of halogens is 1. The first-order valence-electron chi connectivity index (χ1n) is 12.1. The number of piperidine rings is 1. The molecule has 5 nitrogen and oxygen atoms in total. The fourth-order valence-corrected chi connectivity index (χ4v) is 6.61. The molecule has 0 saturated carbocycles. The van der Waals surface area contributed by atoms with Crippen LogP contribution in [0.5, 0.6) is 0 Å². The van der Waals surface area contributed by atoms with Crippen LogP contribution in [0.2, 0.25) is 0 Å². The van der Waals surface area contributed by atoms with Crippen LogP contribution >= 0.6 is 15.9 Å². The van der Waals surface area contributed by atoms with Crippen molar-refractivity contribution in [2.75, 3.05) is 31.7 Å². The smallest absolute Gasteiger partial charge is 0.253 e. The minimum Gasteiger partial charge on any atom is -0.384 e. The number of amides is 2. The summed E-state index contributed by atoms with van der Waals surface area (Å²) in [6, 6.07) is 15.8. The van der Waals surface area contributed by atoms with Gasteiger partial charge in [0, 0.05) is 54.2 Å². The zero-order valence-corrected chi connectivity index (χ0v) is 21.4. The van der Waals surface area contributed by atoms with Gasteiger partial charge in [-0.1, -0.05) is 53.2 Å². The number of benzene rings is 2. The summed E-state index contributed by atoms with van der Waals surface area (Å²) in [5.41, 5.74) is 3.65. The fraction of sp³-hybridized carbons (Fsp3) is 0.429. The van der Waals surface area contributed by atoms with E-state index in [1.807, 2.05) is 52.3 Å². The summed E-state index contributed by atoms with van der Waals surface area (Å²) in [5, 5.41) is 0. The van der Waals surface area contributed by atoms with E-state index in [-0.39, 0.29) is 29.1 Å². The van der Waals surface area contributed by atoms with Gasteiger partial charge in [0.2, 0.25) is 5.91 Å². The molecule has 3 aliphatic rings. The largest absolute Gasteiger partial charge is 0.384 e. The molecule has 3 atom stereocenters. The Bertz CT molecular complexity index is 1150. The lowest BCUT2D eigenvalue weighted by Crippen LogP contribution is -2.53.